The molecule has 6 heteroatoms. The largest absolute Gasteiger partial charge is 0.349 e. The van der Waals surface area contributed by atoms with Gasteiger partial charge in [-0.2, -0.15) is 10.1 Å². The molecule has 0 saturated heterocycles. The molecule has 0 radical (unpaired) electrons. The second-order valence-corrected chi connectivity index (χ2v) is 4.96. The maximum absolute atomic E-state index is 11.6. The minimum atomic E-state index is -0.0184. The summed E-state index contributed by atoms with van der Waals surface area (Å²) < 4.78 is 2.31. The van der Waals surface area contributed by atoms with E-state index >= 15 is 0 Å². The average molecular weight is 275 g/mol. The molecule has 1 amide bonds. The van der Waals surface area contributed by atoms with Crippen LogP contribution in [0.15, 0.2) is 18.5 Å². The van der Waals surface area contributed by atoms with Gasteiger partial charge in [-0.25, -0.2) is 5.10 Å². The molecule has 0 aliphatic rings. The van der Waals surface area contributed by atoms with Gasteiger partial charge >= 0.3 is 0 Å². The van der Waals surface area contributed by atoms with Gasteiger partial charge in [0.25, 0.3) is 0 Å². The van der Waals surface area contributed by atoms with Gasteiger partial charge in [0.15, 0.2) is 0 Å². The van der Waals surface area contributed by atoms with Gasteiger partial charge in [0.05, 0.1) is 0 Å². The van der Waals surface area contributed by atoms with Crippen molar-refractivity contribution in [1.82, 2.24) is 19.7 Å². The minimum absolute atomic E-state index is 0.0184. The molecule has 2 rings (SSSR count). The van der Waals surface area contributed by atoms with Gasteiger partial charge in [-0.15, -0.1) is 0 Å². The van der Waals surface area contributed by atoms with Crippen molar-refractivity contribution in [3.63, 3.8) is 0 Å². The molecule has 0 aromatic carbocycles. The number of H-pyrrole nitrogens is 1. The molecule has 2 aromatic rings. The fourth-order valence-corrected chi connectivity index (χ4v) is 2.24. The number of amides is 1. The third-order valence-electron chi connectivity index (χ3n) is 3.38. The molecule has 0 bridgehead atoms. The first-order chi connectivity index (χ1) is 9.66. The predicted octanol–water partition coefficient (Wildman–Crippen LogP) is 2.42. The third kappa shape index (κ3) is 3.94. The van der Waals surface area contributed by atoms with Crippen LogP contribution in [0.2, 0.25) is 0 Å². The van der Waals surface area contributed by atoms with Gasteiger partial charge in [-0.05, 0) is 38.8 Å². The van der Waals surface area contributed by atoms with E-state index in [0.717, 1.165) is 25.8 Å². The quantitative estimate of drug-likeness (QED) is 0.762. The van der Waals surface area contributed by atoms with Gasteiger partial charge in [0, 0.05) is 24.4 Å². The van der Waals surface area contributed by atoms with E-state index in [1.165, 1.54) is 17.7 Å². The van der Waals surface area contributed by atoms with Crippen molar-refractivity contribution in [2.75, 3.05) is 5.32 Å². The highest BCUT2D eigenvalue weighted by molar-refractivity contribution is 5.88. The van der Waals surface area contributed by atoms with Gasteiger partial charge in [-0.3, -0.25) is 10.1 Å². The van der Waals surface area contributed by atoms with Crippen LogP contribution in [-0.2, 0) is 11.3 Å². The smallest absolute Gasteiger partial charge is 0.226 e. The van der Waals surface area contributed by atoms with Gasteiger partial charge in [-0.1, -0.05) is 6.42 Å². The molecule has 20 heavy (non-hydrogen) atoms. The van der Waals surface area contributed by atoms with Crippen LogP contribution in [0.3, 0.4) is 0 Å². The summed E-state index contributed by atoms with van der Waals surface area (Å²) in [6, 6.07) is 4.28. The summed E-state index contributed by atoms with van der Waals surface area (Å²) in [5.74, 6) is 0.392. The molecule has 2 aromatic heterocycles. The van der Waals surface area contributed by atoms with E-state index in [4.69, 9.17) is 0 Å². The Hall–Kier alpha value is -2.11. The van der Waals surface area contributed by atoms with E-state index in [1.807, 2.05) is 0 Å². The Kier molecular flexibility index (Phi) is 4.92. The second-order valence-electron chi connectivity index (χ2n) is 4.96. The molecule has 0 atom stereocenters. The number of hydrogen-bond donors (Lipinski definition) is 2. The maximum Gasteiger partial charge on any atom is 0.226 e. The molecule has 0 fully saturated rings. The summed E-state index contributed by atoms with van der Waals surface area (Å²) in [5.41, 5.74) is 2.59. The summed E-state index contributed by atoms with van der Waals surface area (Å²) in [7, 11) is 0. The first kappa shape index (κ1) is 14.3. The van der Waals surface area contributed by atoms with Crippen molar-refractivity contribution in [2.45, 2.75) is 46.1 Å². The van der Waals surface area contributed by atoms with Gasteiger partial charge in [0.1, 0.15) is 6.33 Å². The molecule has 0 unspecified atom stereocenters. The predicted molar refractivity (Wildman–Crippen MR) is 77.4 cm³/mol. The number of rotatable bonds is 7. The fourth-order valence-electron chi connectivity index (χ4n) is 2.24. The molecule has 0 saturated carbocycles. The first-order valence-corrected chi connectivity index (χ1v) is 6.95. The number of carbonyl (C=O) groups excluding carboxylic acids is 1. The van der Waals surface area contributed by atoms with E-state index in [-0.39, 0.29) is 5.91 Å². The second kappa shape index (κ2) is 6.88. The summed E-state index contributed by atoms with van der Waals surface area (Å²) in [4.78, 5) is 15.5. The third-order valence-corrected chi connectivity index (χ3v) is 3.38. The number of anilines is 1. The zero-order chi connectivity index (χ0) is 14.4. The number of aryl methyl sites for hydroxylation is 2. The monoisotopic (exact) mass is 275 g/mol. The Morgan fingerprint density at radius 3 is 2.65 bits per heavy atom. The first-order valence-electron chi connectivity index (χ1n) is 6.95. The standard InChI is InChI=1S/C14H21N5O/c1-11-7-8-12(2)19(11)9-5-3-4-6-13(20)17-14-15-10-16-18-14/h7-8,10H,3-6,9H2,1-2H3,(H2,15,16,17,18,20). The molecule has 0 aliphatic carbocycles. The van der Waals surface area contributed by atoms with E-state index in [9.17, 15) is 4.79 Å². The Bertz CT molecular complexity index is 524. The van der Waals surface area contributed by atoms with E-state index in [2.05, 4.69) is 51.0 Å². The van der Waals surface area contributed by atoms with E-state index < -0.39 is 0 Å². The van der Waals surface area contributed by atoms with E-state index in [1.54, 1.807) is 0 Å². The highest BCUT2D eigenvalue weighted by Crippen LogP contribution is 2.10. The number of hydrogen-bond acceptors (Lipinski definition) is 3. The highest BCUT2D eigenvalue weighted by Gasteiger charge is 2.04. The number of carbonyl (C=O) groups is 1. The van der Waals surface area contributed by atoms with Crippen LogP contribution in [0, 0.1) is 13.8 Å². The lowest BCUT2D eigenvalue weighted by Gasteiger charge is -2.08. The van der Waals surface area contributed by atoms with Crippen molar-refractivity contribution in [3.8, 4) is 0 Å². The SMILES string of the molecule is Cc1ccc(C)n1CCCCCC(=O)Nc1ncn[nH]1. The Morgan fingerprint density at radius 2 is 2.00 bits per heavy atom. The number of unbranched alkanes of at least 4 members (excludes halogenated alkanes) is 2. The minimum Gasteiger partial charge on any atom is -0.349 e. The summed E-state index contributed by atoms with van der Waals surface area (Å²) in [6.07, 6.45) is 4.91. The molecule has 108 valence electrons. The molecule has 0 aliphatic heterocycles. The molecule has 2 N–H and O–H groups in total. The lowest BCUT2D eigenvalue weighted by molar-refractivity contribution is -0.116. The molecular formula is C14H21N5O. The fraction of sp³-hybridized carbons (Fsp3) is 0.500. The summed E-state index contributed by atoms with van der Waals surface area (Å²) in [5, 5.41) is 8.95. The van der Waals surface area contributed by atoms with Crippen molar-refractivity contribution in [1.29, 1.82) is 0 Å². The van der Waals surface area contributed by atoms with Crippen molar-refractivity contribution in [3.05, 3.63) is 29.8 Å². The Morgan fingerprint density at radius 1 is 1.25 bits per heavy atom. The van der Waals surface area contributed by atoms with Gasteiger partial charge < -0.3 is 4.57 Å². The zero-order valence-electron chi connectivity index (χ0n) is 12.0. The Labute approximate surface area is 118 Å². The van der Waals surface area contributed by atoms with Gasteiger partial charge in [0.2, 0.25) is 11.9 Å². The normalized spacial score (nSPS) is 10.7. The van der Waals surface area contributed by atoms with Crippen LogP contribution >= 0.6 is 0 Å². The average Bonchev–Trinajstić information content (AvgIpc) is 3.02. The maximum atomic E-state index is 11.6. The summed E-state index contributed by atoms with van der Waals surface area (Å²) >= 11 is 0. The number of aromatic amines is 1. The van der Waals surface area contributed by atoms with Crippen LogP contribution < -0.4 is 5.32 Å². The number of nitrogens with one attached hydrogen (secondary N) is 2. The van der Waals surface area contributed by atoms with Crippen molar-refractivity contribution < 1.29 is 4.79 Å². The molecule has 2 heterocycles. The highest BCUT2D eigenvalue weighted by atomic mass is 16.1. The molecular weight excluding hydrogens is 254 g/mol. The van der Waals surface area contributed by atoms with Crippen LogP contribution in [0.4, 0.5) is 5.95 Å². The van der Waals surface area contributed by atoms with E-state index in [0.29, 0.717) is 12.4 Å². The molecule has 6 nitrogen and oxygen atoms in total. The number of aromatic nitrogens is 4. The van der Waals surface area contributed by atoms with Crippen LogP contribution in [0.5, 0.6) is 0 Å². The Balaban J connectivity index is 1.61. The number of nitrogens with zero attached hydrogens (tertiary/aromatic N) is 3. The lowest BCUT2D eigenvalue weighted by atomic mass is 10.2. The van der Waals surface area contributed by atoms with Crippen molar-refractivity contribution in [2.24, 2.45) is 0 Å². The van der Waals surface area contributed by atoms with Crippen LogP contribution in [0.1, 0.15) is 37.1 Å². The zero-order valence-corrected chi connectivity index (χ0v) is 12.0. The van der Waals surface area contributed by atoms with Crippen LogP contribution in [-0.4, -0.2) is 25.7 Å². The van der Waals surface area contributed by atoms with Crippen LogP contribution in [0.25, 0.3) is 0 Å². The molecule has 0 spiro atoms. The lowest BCUT2D eigenvalue weighted by Crippen LogP contribution is -2.12. The van der Waals surface area contributed by atoms with Crippen molar-refractivity contribution >= 4 is 11.9 Å². The summed E-state index contributed by atoms with van der Waals surface area (Å²) in [6.45, 7) is 5.27. The topological polar surface area (TPSA) is 75.6 Å².